The molecule has 0 spiro atoms. The molecule has 0 amide bonds. The Morgan fingerprint density at radius 2 is 1.59 bits per heavy atom. The highest BCUT2D eigenvalue weighted by Gasteiger charge is 2.09. The molecule has 2 N–H and O–H groups in total. The van der Waals surface area contributed by atoms with Gasteiger partial charge in [-0.2, -0.15) is 0 Å². The SMILES string of the molecule is CC(C)CN(Cc1ccc(CN)cc1)Cc1cccc(Cl)c1. The Labute approximate surface area is 138 Å². The minimum absolute atomic E-state index is 0.596. The predicted octanol–water partition coefficient (Wildman–Crippen LogP) is 4.46. The molecule has 0 saturated carbocycles. The van der Waals surface area contributed by atoms with E-state index < -0.39 is 0 Å². The van der Waals surface area contributed by atoms with E-state index in [0.29, 0.717) is 12.5 Å². The molecule has 0 unspecified atom stereocenters. The summed E-state index contributed by atoms with van der Waals surface area (Å²) >= 11 is 6.10. The zero-order valence-corrected chi connectivity index (χ0v) is 14.2. The van der Waals surface area contributed by atoms with E-state index in [1.807, 2.05) is 18.2 Å². The summed E-state index contributed by atoms with van der Waals surface area (Å²) in [6.45, 7) is 8.02. The molecule has 2 nitrogen and oxygen atoms in total. The fraction of sp³-hybridized carbons (Fsp3) is 0.368. The highest BCUT2D eigenvalue weighted by atomic mass is 35.5. The van der Waals surface area contributed by atoms with Crippen LogP contribution in [0.5, 0.6) is 0 Å². The van der Waals surface area contributed by atoms with Crippen LogP contribution in [0, 0.1) is 5.92 Å². The lowest BCUT2D eigenvalue weighted by molar-refractivity contribution is 0.227. The van der Waals surface area contributed by atoms with Gasteiger partial charge >= 0.3 is 0 Å². The molecule has 2 aromatic rings. The number of hydrogen-bond donors (Lipinski definition) is 1. The Balaban J connectivity index is 2.07. The van der Waals surface area contributed by atoms with Crippen LogP contribution in [0.1, 0.15) is 30.5 Å². The van der Waals surface area contributed by atoms with Gasteiger partial charge < -0.3 is 5.73 Å². The zero-order valence-electron chi connectivity index (χ0n) is 13.4. The van der Waals surface area contributed by atoms with Crippen LogP contribution >= 0.6 is 11.6 Å². The van der Waals surface area contributed by atoms with Crippen LogP contribution in [0.15, 0.2) is 48.5 Å². The molecule has 3 heteroatoms. The average molecular weight is 317 g/mol. The molecule has 0 radical (unpaired) electrons. The molecule has 0 saturated heterocycles. The quantitative estimate of drug-likeness (QED) is 0.817. The Morgan fingerprint density at radius 1 is 0.955 bits per heavy atom. The van der Waals surface area contributed by atoms with Crippen LogP contribution in [0.25, 0.3) is 0 Å². The van der Waals surface area contributed by atoms with Gasteiger partial charge in [-0.1, -0.05) is 61.8 Å². The van der Waals surface area contributed by atoms with E-state index in [1.54, 1.807) is 0 Å². The summed E-state index contributed by atoms with van der Waals surface area (Å²) in [7, 11) is 0. The molecule has 0 aliphatic heterocycles. The van der Waals surface area contributed by atoms with Gasteiger partial charge in [0.2, 0.25) is 0 Å². The largest absolute Gasteiger partial charge is 0.326 e. The van der Waals surface area contributed by atoms with Crippen LogP contribution in [0.4, 0.5) is 0 Å². The summed E-state index contributed by atoms with van der Waals surface area (Å²) < 4.78 is 0. The zero-order chi connectivity index (χ0) is 15.9. The van der Waals surface area contributed by atoms with Crippen molar-refractivity contribution in [3.8, 4) is 0 Å². The molecular formula is C19H25ClN2. The summed E-state index contributed by atoms with van der Waals surface area (Å²) in [5, 5.41) is 0.800. The van der Waals surface area contributed by atoms with E-state index in [1.165, 1.54) is 16.7 Å². The van der Waals surface area contributed by atoms with Crippen molar-refractivity contribution in [2.24, 2.45) is 11.7 Å². The minimum Gasteiger partial charge on any atom is -0.326 e. The van der Waals surface area contributed by atoms with Crippen molar-refractivity contribution < 1.29 is 0 Å². The predicted molar refractivity (Wildman–Crippen MR) is 94.7 cm³/mol. The molecule has 0 aromatic heterocycles. The molecule has 0 aliphatic carbocycles. The third-order valence-electron chi connectivity index (χ3n) is 3.58. The molecule has 0 fully saturated rings. The van der Waals surface area contributed by atoms with E-state index in [4.69, 9.17) is 17.3 Å². The van der Waals surface area contributed by atoms with Crippen LogP contribution in [-0.2, 0) is 19.6 Å². The van der Waals surface area contributed by atoms with Crippen LogP contribution < -0.4 is 5.73 Å². The highest BCUT2D eigenvalue weighted by molar-refractivity contribution is 6.30. The van der Waals surface area contributed by atoms with Gasteiger partial charge in [0.25, 0.3) is 0 Å². The van der Waals surface area contributed by atoms with Crippen LogP contribution in [0.3, 0.4) is 0 Å². The Morgan fingerprint density at radius 3 is 2.18 bits per heavy atom. The number of halogens is 1. The molecule has 0 atom stereocenters. The molecule has 2 aromatic carbocycles. The molecule has 22 heavy (non-hydrogen) atoms. The number of nitrogens with zero attached hydrogens (tertiary/aromatic N) is 1. The third-order valence-corrected chi connectivity index (χ3v) is 3.82. The van der Waals surface area contributed by atoms with E-state index >= 15 is 0 Å². The van der Waals surface area contributed by atoms with Gasteiger partial charge in [-0.15, -0.1) is 0 Å². The molecule has 118 valence electrons. The normalized spacial score (nSPS) is 11.4. The maximum atomic E-state index is 6.10. The fourth-order valence-corrected chi connectivity index (χ4v) is 2.85. The van der Waals surface area contributed by atoms with Crippen molar-refractivity contribution in [3.63, 3.8) is 0 Å². The first kappa shape index (κ1) is 17.0. The van der Waals surface area contributed by atoms with Crippen molar-refractivity contribution in [2.45, 2.75) is 33.5 Å². The van der Waals surface area contributed by atoms with Crippen molar-refractivity contribution >= 4 is 11.6 Å². The van der Waals surface area contributed by atoms with Crippen LogP contribution in [0.2, 0.25) is 5.02 Å². The second-order valence-corrected chi connectivity index (χ2v) is 6.65. The van der Waals surface area contributed by atoms with Crippen LogP contribution in [-0.4, -0.2) is 11.4 Å². The van der Waals surface area contributed by atoms with Gasteiger partial charge in [-0.3, -0.25) is 4.90 Å². The van der Waals surface area contributed by atoms with Gasteiger partial charge in [0.15, 0.2) is 0 Å². The fourth-order valence-electron chi connectivity index (χ4n) is 2.63. The minimum atomic E-state index is 0.596. The third kappa shape index (κ3) is 5.45. The lowest BCUT2D eigenvalue weighted by Crippen LogP contribution is -2.27. The number of rotatable bonds is 7. The summed E-state index contributed by atoms with van der Waals surface area (Å²) in [4.78, 5) is 2.47. The maximum absolute atomic E-state index is 6.10. The lowest BCUT2D eigenvalue weighted by Gasteiger charge is -2.24. The topological polar surface area (TPSA) is 29.3 Å². The summed E-state index contributed by atoms with van der Waals surface area (Å²) in [5.41, 5.74) is 9.41. The molecule has 0 aliphatic rings. The molecule has 0 bridgehead atoms. The summed E-state index contributed by atoms with van der Waals surface area (Å²) in [5.74, 6) is 0.627. The van der Waals surface area contributed by atoms with E-state index in [2.05, 4.69) is 49.1 Å². The maximum Gasteiger partial charge on any atom is 0.0409 e. The first-order chi connectivity index (χ1) is 10.6. The van der Waals surface area contributed by atoms with Crippen molar-refractivity contribution in [1.82, 2.24) is 4.90 Å². The molecule has 0 heterocycles. The van der Waals surface area contributed by atoms with E-state index in [9.17, 15) is 0 Å². The van der Waals surface area contributed by atoms with Crippen molar-refractivity contribution in [1.29, 1.82) is 0 Å². The van der Waals surface area contributed by atoms with Gasteiger partial charge in [0, 0.05) is 31.2 Å². The monoisotopic (exact) mass is 316 g/mol. The standard InChI is InChI=1S/C19H25ClN2/c1-15(2)12-22(14-18-4-3-5-19(20)10-18)13-17-8-6-16(11-21)7-9-17/h3-10,15H,11-14,21H2,1-2H3. The smallest absolute Gasteiger partial charge is 0.0409 e. The average Bonchev–Trinajstić information content (AvgIpc) is 2.47. The Bertz CT molecular complexity index is 578. The van der Waals surface area contributed by atoms with E-state index in [0.717, 1.165) is 24.7 Å². The van der Waals surface area contributed by atoms with Crippen molar-refractivity contribution in [2.75, 3.05) is 6.54 Å². The molecule has 2 rings (SSSR count). The van der Waals surface area contributed by atoms with Gasteiger partial charge in [-0.25, -0.2) is 0 Å². The molecular weight excluding hydrogens is 292 g/mol. The summed E-state index contributed by atoms with van der Waals surface area (Å²) in [6, 6.07) is 16.7. The number of benzene rings is 2. The first-order valence-electron chi connectivity index (χ1n) is 7.81. The second-order valence-electron chi connectivity index (χ2n) is 6.21. The number of hydrogen-bond acceptors (Lipinski definition) is 2. The van der Waals surface area contributed by atoms with Gasteiger partial charge in [0.05, 0.1) is 0 Å². The number of nitrogens with two attached hydrogens (primary N) is 1. The van der Waals surface area contributed by atoms with E-state index in [-0.39, 0.29) is 0 Å². The second kappa shape index (κ2) is 8.33. The van der Waals surface area contributed by atoms with Crippen molar-refractivity contribution in [3.05, 3.63) is 70.2 Å². The van der Waals surface area contributed by atoms with Gasteiger partial charge in [-0.05, 0) is 34.7 Å². The Kier molecular flexibility index (Phi) is 6.44. The highest BCUT2D eigenvalue weighted by Crippen LogP contribution is 2.16. The van der Waals surface area contributed by atoms with Gasteiger partial charge in [0.1, 0.15) is 0 Å². The first-order valence-corrected chi connectivity index (χ1v) is 8.19. The lowest BCUT2D eigenvalue weighted by atomic mass is 10.1. The Hall–Kier alpha value is -1.35. The summed E-state index contributed by atoms with van der Waals surface area (Å²) in [6.07, 6.45) is 0.